The number of amides is 1. The molecule has 0 spiro atoms. The highest BCUT2D eigenvalue weighted by Crippen LogP contribution is 2.35. The van der Waals surface area contributed by atoms with Gasteiger partial charge in [-0.05, 0) is 31.4 Å². The first-order valence-electron chi connectivity index (χ1n) is 7.58. The first kappa shape index (κ1) is 14.9. The number of hydrazine groups is 1. The van der Waals surface area contributed by atoms with Crippen molar-refractivity contribution in [2.75, 3.05) is 20.1 Å². The summed E-state index contributed by atoms with van der Waals surface area (Å²) in [5.74, 6) is -0.193. The fourth-order valence-corrected chi connectivity index (χ4v) is 3.47. The summed E-state index contributed by atoms with van der Waals surface area (Å²) in [4.78, 5) is 22.1. The molecule has 7 nitrogen and oxygen atoms in total. The number of carbonyl (C=O) groups excluding carboxylic acids is 1. The van der Waals surface area contributed by atoms with Crippen molar-refractivity contribution in [3.8, 4) is 0 Å². The molecule has 1 amide bonds. The molecule has 2 fully saturated rings. The monoisotopic (exact) mass is 304 g/mol. The number of benzene rings is 1. The van der Waals surface area contributed by atoms with Crippen molar-refractivity contribution in [3.63, 3.8) is 0 Å². The highest BCUT2D eigenvalue weighted by atomic mass is 16.6. The van der Waals surface area contributed by atoms with E-state index in [1.54, 1.807) is 0 Å². The molecule has 2 atom stereocenters. The Labute approximate surface area is 129 Å². The van der Waals surface area contributed by atoms with Gasteiger partial charge < -0.3 is 5.32 Å². The van der Waals surface area contributed by atoms with E-state index in [1.165, 1.54) is 43.5 Å². The molecule has 1 aromatic carbocycles. The molecular weight excluding hydrogens is 284 g/mol. The van der Waals surface area contributed by atoms with E-state index in [-0.39, 0.29) is 11.6 Å². The van der Waals surface area contributed by atoms with Crippen LogP contribution in [-0.2, 0) is 0 Å². The number of fused-ring (bicyclic) bond motifs is 2. The van der Waals surface area contributed by atoms with Crippen LogP contribution in [0, 0.1) is 10.1 Å². The van der Waals surface area contributed by atoms with Crippen LogP contribution < -0.4 is 5.32 Å². The summed E-state index contributed by atoms with van der Waals surface area (Å²) in [6, 6.07) is 6.95. The van der Waals surface area contributed by atoms with Crippen LogP contribution in [-0.4, -0.2) is 53.1 Å². The molecule has 1 heterocycles. The van der Waals surface area contributed by atoms with Crippen LogP contribution in [0.5, 0.6) is 0 Å². The average molecular weight is 304 g/mol. The second-order valence-corrected chi connectivity index (χ2v) is 5.92. The second kappa shape index (κ2) is 6.02. The molecule has 0 aromatic heterocycles. The Balaban J connectivity index is 1.49. The van der Waals surface area contributed by atoms with Gasteiger partial charge in [-0.15, -0.1) is 0 Å². The SMILES string of the molecule is CN1[C@H]2CC[C@H](C2)N1CCNC(=O)c1ccc([N+](=O)[O-])cc1. The number of nitrogens with zero attached hydrogens (tertiary/aromatic N) is 3. The Kier molecular flexibility index (Phi) is 4.08. The molecule has 22 heavy (non-hydrogen) atoms. The topological polar surface area (TPSA) is 78.7 Å². The van der Waals surface area contributed by atoms with Crippen molar-refractivity contribution >= 4 is 11.6 Å². The van der Waals surface area contributed by atoms with Crippen LogP contribution in [0.25, 0.3) is 0 Å². The van der Waals surface area contributed by atoms with Gasteiger partial charge in [0.2, 0.25) is 0 Å². The fourth-order valence-electron chi connectivity index (χ4n) is 3.47. The Bertz CT molecular complexity index is 573. The van der Waals surface area contributed by atoms with Gasteiger partial charge >= 0.3 is 0 Å². The van der Waals surface area contributed by atoms with E-state index in [2.05, 4.69) is 22.4 Å². The van der Waals surface area contributed by atoms with Crippen molar-refractivity contribution < 1.29 is 9.72 Å². The summed E-state index contributed by atoms with van der Waals surface area (Å²) in [7, 11) is 2.11. The molecule has 1 saturated carbocycles. The standard InChI is InChI=1S/C15H20N4O3/c1-17-13-6-7-14(10-13)18(17)9-8-16-15(20)11-2-4-12(5-3-11)19(21)22/h2-5,13-14H,6-10H2,1H3,(H,16,20)/t13-,14+/m0/s1. The molecular formula is C15H20N4O3. The fraction of sp³-hybridized carbons (Fsp3) is 0.533. The average Bonchev–Trinajstić information content (AvgIpc) is 3.10. The predicted molar refractivity (Wildman–Crippen MR) is 81.3 cm³/mol. The van der Waals surface area contributed by atoms with Crippen molar-refractivity contribution in [2.45, 2.75) is 31.3 Å². The minimum atomic E-state index is -0.472. The summed E-state index contributed by atoms with van der Waals surface area (Å²) < 4.78 is 0. The molecule has 1 N–H and O–H groups in total. The van der Waals surface area contributed by atoms with E-state index in [0.29, 0.717) is 24.2 Å². The zero-order valence-electron chi connectivity index (χ0n) is 12.6. The lowest BCUT2D eigenvalue weighted by Crippen LogP contribution is -2.47. The molecule has 1 aliphatic carbocycles. The quantitative estimate of drug-likeness (QED) is 0.657. The normalized spacial score (nSPS) is 24.6. The lowest BCUT2D eigenvalue weighted by molar-refractivity contribution is -0.384. The van der Waals surface area contributed by atoms with E-state index in [0.717, 1.165) is 6.54 Å². The van der Waals surface area contributed by atoms with Gasteiger partial charge in [0.15, 0.2) is 0 Å². The van der Waals surface area contributed by atoms with Crippen LogP contribution in [0.2, 0.25) is 0 Å². The largest absolute Gasteiger partial charge is 0.351 e. The number of nitrogens with one attached hydrogen (secondary N) is 1. The third kappa shape index (κ3) is 2.82. The molecule has 3 rings (SSSR count). The number of nitro groups is 1. The third-order valence-electron chi connectivity index (χ3n) is 4.70. The lowest BCUT2D eigenvalue weighted by atomic mass is 10.2. The van der Waals surface area contributed by atoms with Gasteiger partial charge in [0, 0.05) is 49.9 Å². The summed E-state index contributed by atoms with van der Waals surface area (Å²) in [5.41, 5.74) is 0.438. The molecule has 0 unspecified atom stereocenters. The van der Waals surface area contributed by atoms with Crippen molar-refractivity contribution in [3.05, 3.63) is 39.9 Å². The Hall–Kier alpha value is -1.99. The van der Waals surface area contributed by atoms with Gasteiger partial charge in [0.1, 0.15) is 0 Å². The summed E-state index contributed by atoms with van der Waals surface area (Å²) >= 11 is 0. The predicted octanol–water partition coefficient (Wildman–Crippen LogP) is 1.41. The molecule has 2 aliphatic rings. The van der Waals surface area contributed by atoms with Crippen LogP contribution in [0.15, 0.2) is 24.3 Å². The lowest BCUT2D eigenvalue weighted by Gasteiger charge is -2.35. The minimum Gasteiger partial charge on any atom is -0.351 e. The molecule has 1 saturated heterocycles. The maximum atomic E-state index is 12.0. The van der Waals surface area contributed by atoms with Crippen LogP contribution in [0.3, 0.4) is 0 Å². The summed E-state index contributed by atoms with van der Waals surface area (Å²) in [6.45, 7) is 1.37. The first-order valence-corrected chi connectivity index (χ1v) is 7.58. The minimum absolute atomic E-state index is 0.00809. The van der Waals surface area contributed by atoms with Crippen molar-refractivity contribution in [1.29, 1.82) is 0 Å². The molecule has 0 radical (unpaired) electrons. The number of non-ortho nitro benzene ring substituents is 1. The van der Waals surface area contributed by atoms with Crippen LogP contribution in [0.1, 0.15) is 29.6 Å². The molecule has 1 aromatic rings. The number of carbonyl (C=O) groups is 1. The second-order valence-electron chi connectivity index (χ2n) is 5.92. The number of hydrogen-bond acceptors (Lipinski definition) is 5. The van der Waals surface area contributed by atoms with Gasteiger partial charge in [-0.25, -0.2) is 10.0 Å². The Morgan fingerprint density at radius 2 is 2.00 bits per heavy atom. The smallest absolute Gasteiger partial charge is 0.269 e. The third-order valence-corrected chi connectivity index (χ3v) is 4.70. The first-order chi connectivity index (χ1) is 10.6. The number of nitro benzene ring substituents is 1. The highest BCUT2D eigenvalue weighted by molar-refractivity contribution is 5.94. The van der Waals surface area contributed by atoms with E-state index in [4.69, 9.17) is 0 Å². The highest BCUT2D eigenvalue weighted by Gasteiger charge is 2.41. The molecule has 1 aliphatic heterocycles. The van der Waals surface area contributed by atoms with Gasteiger partial charge in [-0.2, -0.15) is 0 Å². The van der Waals surface area contributed by atoms with E-state index < -0.39 is 4.92 Å². The van der Waals surface area contributed by atoms with Crippen LogP contribution in [0.4, 0.5) is 5.69 Å². The molecule has 2 bridgehead atoms. The number of hydrogen-bond donors (Lipinski definition) is 1. The zero-order valence-corrected chi connectivity index (χ0v) is 12.6. The van der Waals surface area contributed by atoms with Crippen LogP contribution >= 0.6 is 0 Å². The maximum absolute atomic E-state index is 12.0. The zero-order chi connectivity index (χ0) is 15.7. The summed E-state index contributed by atoms with van der Waals surface area (Å²) in [6.07, 6.45) is 3.74. The van der Waals surface area contributed by atoms with Crippen molar-refractivity contribution in [2.24, 2.45) is 0 Å². The summed E-state index contributed by atoms with van der Waals surface area (Å²) in [5, 5.41) is 18.1. The van der Waals surface area contributed by atoms with Gasteiger partial charge in [-0.3, -0.25) is 14.9 Å². The van der Waals surface area contributed by atoms with E-state index in [1.807, 2.05) is 0 Å². The van der Waals surface area contributed by atoms with Gasteiger partial charge in [0.05, 0.1) is 4.92 Å². The van der Waals surface area contributed by atoms with Gasteiger partial charge in [-0.1, -0.05) is 0 Å². The Morgan fingerprint density at radius 3 is 2.59 bits per heavy atom. The van der Waals surface area contributed by atoms with E-state index >= 15 is 0 Å². The molecule has 118 valence electrons. The van der Waals surface area contributed by atoms with Gasteiger partial charge in [0.25, 0.3) is 11.6 Å². The molecule has 7 heteroatoms. The number of rotatable bonds is 5. The Morgan fingerprint density at radius 1 is 1.32 bits per heavy atom. The van der Waals surface area contributed by atoms with E-state index in [9.17, 15) is 14.9 Å². The van der Waals surface area contributed by atoms with Crippen molar-refractivity contribution in [1.82, 2.24) is 15.3 Å². The maximum Gasteiger partial charge on any atom is 0.269 e.